The van der Waals surface area contributed by atoms with Gasteiger partial charge in [-0.25, -0.2) is 8.78 Å². The Morgan fingerprint density at radius 1 is 0.892 bits per heavy atom. The van der Waals surface area contributed by atoms with Crippen LogP contribution in [-0.2, 0) is 47.6 Å². The van der Waals surface area contributed by atoms with Crippen molar-refractivity contribution in [2.75, 3.05) is 27.7 Å². The van der Waals surface area contributed by atoms with Crippen LogP contribution in [0.1, 0.15) is 148 Å². The predicted octanol–water partition coefficient (Wildman–Crippen LogP) is 3.65. The first-order valence-electron chi connectivity index (χ1n) is 30.1. The molecule has 4 unspecified atom stereocenters. The molecule has 474 valence electrons. The van der Waals surface area contributed by atoms with E-state index in [9.17, 15) is 54.9 Å². The number of nitrogens with one attached hydrogen (secondary N) is 2. The van der Waals surface area contributed by atoms with E-state index in [1.165, 1.54) is 47.0 Å². The van der Waals surface area contributed by atoms with Crippen LogP contribution in [-0.4, -0.2) is 205 Å². The number of hydrogen-bond donors (Lipinski definition) is 9. The summed E-state index contributed by atoms with van der Waals surface area (Å²) >= 11 is 0. The van der Waals surface area contributed by atoms with Crippen LogP contribution in [0.15, 0.2) is 23.8 Å². The van der Waals surface area contributed by atoms with Crippen LogP contribution in [0.2, 0.25) is 0 Å². The summed E-state index contributed by atoms with van der Waals surface area (Å²) in [4.78, 5) is 57.2. The smallest absolute Gasteiger partial charge is 0.311 e. The fraction of sp³-hybridized carbons (Fsp3) is 0.869. The van der Waals surface area contributed by atoms with Gasteiger partial charge in [0.25, 0.3) is 5.91 Å². The molecule has 3 saturated heterocycles. The number of halogens is 2. The highest BCUT2D eigenvalue weighted by atomic mass is 19.1. The van der Waals surface area contributed by atoms with Crippen molar-refractivity contribution in [1.82, 2.24) is 15.5 Å². The largest absolute Gasteiger partial charge is 0.459 e. The molecule has 20 nitrogen and oxygen atoms in total. The molecule has 27 atom stereocenters. The van der Waals surface area contributed by atoms with Crippen LogP contribution < -0.4 is 10.6 Å². The minimum atomic E-state index is -2.39. The van der Waals surface area contributed by atoms with E-state index in [-0.39, 0.29) is 63.5 Å². The van der Waals surface area contributed by atoms with Crippen LogP contribution >= 0.6 is 0 Å². The highest BCUT2D eigenvalue weighted by molar-refractivity contribution is 6.01. The molecule has 0 aromatic rings. The van der Waals surface area contributed by atoms with E-state index in [0.717, 1.165) is 6.08 Å². The Balaban J connectivity index is 1.13. The van der Waals surface area contributed by atoms with Gasteiger partial charge < -0.3 is 79.7 Å². The molecule has 22 heteroatoms. The number of amides is 2. The molecule has 7 aliphatic rings. The molecular formula is C61H99F2N3O17. The third kappa shape index (κ3) is 11.4. The van der Waals surface area contributed by atoms with Gasteiger partial charge in [-0.15, -0.1) is 0 Å². The van der Waals surface area contributed by atoms with Gasteiger partial charge in [0.2, 0.25) is 5.91 Å². The molecule has 3 heterocycles. The number of hydrogen-bond acceptors (Lipinski definition) is 18. The first kappa shape index (κ1) is 67.4. The molecule has 83 heavy (non-hydrogen) atoms. The molecule has 0 aromatic carbocycles. The Kier molecular flexibility index (Phi) is 19.6. The number of carbonyl (C=O) groups excluding carboxylic acids is 4. The fourth-order valence-electron chi connectivity index (χ4n) is 16.5. The summed E-state index contributed by atoms with van der Waals surface area (Å²) in [5.74, 6) is -8.37. The molecule has 4 aliphatic carbocycles. The molecule has 0 radical (unpaired) electrons. The molecule has 9 N–H and O–H groups in total. The molecule has 0 spiro atoms. The number of ketones is 1. The van der Waals surface area contributed by atoms with Gasteiger partial charge in [0.1, 0.15) is 41.3 Å². The van der Waals surface area contributed by atoms with E-state index in [1.54, 1.807) is 55.4 Å². The van der Waals surface area contributed by atoms with Crippen molar-refractivity contribution in [3.05, 3.63) is 23.8 Å². The average molecular weight is 1180 g/mol. The maximum absolute atomic E-state index is 17.9. The van der Waals surface area contributed by atoms with E-state index in [1.807, 2.05) is 25.9 Å². The number of alkyl halides is 2. The Labute approximate surface area is 488 Å². The summed E-state index contributed by atoms with van der Waals surface area (Å²) in [6, 6.07) is -1.46. The molecule has 3 saturated carbocycles. The second kappa shape index (κ2) is 24.1. The summed E-state index contributed by atoms with van der Waals surface area (Å²) in [5, 5.41) is 90.6. The Hall–Kier alpha value is -3.10. The minimum Gasteiger partial charge on any atom is -0.459 e. The van der Waals surface area contributed by atoms with Gasteiger partial charge in [-0.1, -0.05) is 40.7 Å². The van der Waals surface area contributed by atoms with Gasteiger partial charge >= 0.3 is 5.97 Å². The number of esters is 1. The van der Waals surface area contributed by atoms with Gasteiger partial charge in [-0.3, -0.25) is 19.2 Å². The molecule has 6 fully saturated rings. The lowest BCUT2D eigenvalue weighted by Crippen LogP contribution is -2.71. The molecule has 2 amide bonds. The van der Waals surface area contributed by atoms with Crippen molar-refractivity contribution in [2.45, 2.75) is 261 Å². The van der Waals surface area contributed by atoms with Crippen molar-refractivity contribution >= 4 is 23.6 Å². The van der Waals surface area contributed by atoms with Crippen LogP contribution in [0.4, 0.5) is 8.78 Å². The van der Waals surface area contributed by atoms with Crippen molar-refractivity contribution in [3.63, 3.8) is 0 Å². The summed E-state index contributed by atoms with van der Waals surface area (Å²) in [5.41, 5.74) is -14.8. The normalized spacial score (nSPS) is 50.9. The molecule has 0 aromatic heterocycles. The van der Waals surface area contributed by atoms with E-state index in [2.05, 4.69) is 10.6 Å². The van der Waals surface area contributed by atoms with Crippen LogP contribution in [0.5, 0.6) is 0 Å². The molecule has 7 rings (SSSR count). The Morgan fingerprint density at radius 3 is 2.16 bits per heavy atom. The zero-order valence-corrected chi connectivity index (χ0v) is 51.7. The van der Waals surface area contributed by atoms with Crippen LogP contribution in [0.25, 0.3) is 0 Å². The number of methoxy groups -OCH3 is 1. The summed E-state index contributed by atoms with van der Waals surface area (Å²) < 4.78 is 72.6. The number of carbonyl (C=O) groups is 4. The lowest BCUT2D eigenvalue weighted by molar-refractivity contribution is -0.338. The third-order valence-corrected chi connectivity index (χ3v) is 21.8. The average Bonchev–Trinajstić information content (AvgIpc) is 1.67. The van der Waals surface area contributed by atoms with Crippen molar-refractivity contribution in [3.8, 4) is 0 Å². The number of aliphatic hydroxyl groups is 7. The first-order valence-corrected chi connectivity index (χ1v) is 30.1. The van der Waals surface area contributed by atoms with Crippen LogP contribution in [0.3, 0.4) is 0 Å². The van der Waals surface area contributed by atoms with E-state index in [4.69, 9.17) is 28.4 Å². The SMILES string of the molecule is CC[C@H]1OC(=O)[C@H](C)[C@@H](OC2C[C@@](C)(OC)[C@](O)(CCCNC(=O)[C@@]3(O)[C@H](C)CC4C5C[C@H](F)C6=CC(=O)C=C[C@]6(C)[C@@]5(F)[C@@H](O)C[C@@]43C)[C@H](C)O2)[C@@H](C)[C@@H](OC2O[C@H](C)C[C@H](N(C)C)[C@H]2O)[C@](C)(O)C[C@@H](C)C(=O)N[C@H](C)[C@@H](O)[C@]1(C)O. The van der Waals surface area contributed by atoms with Crippen molar-refractivity contribution in [1.29, 1.82) is 0 Å². The molecule has 0 bridgehead atoms. The minimum absolute atomic E-state index is 0.0247. The summed E-state index contributed by atoms with van der Waals surface area (Å²) in [7, 11) is 5.04. The van der Waals surface area contributed by atoms with Gasteiger partial charge in [-0.05, 0) is 150 Å². The highest BCUT2D eigenvalue weighted by Gasteiger charge is 2.77. The lowest BCUT2D eigenvalue weighted by atomic mass is 9.44. The quantitative estimate of drug-likeness (QED) is 0.0996. The maximum Gasteiger partial charge on any atom is 0.311 e. The highest BCUT2D eigenvalue weighted by Crippen LogP contribution is 2.71. The Morgan fingerprint density at radius 2 is 1.54 bits per heavy atom. The number of cyclic esters (lactones) is 1. The topological polar surface area (TPSA) is 293 Å². The maximum atomic E-state index is 17.9. The van der Waals surface area contributed by atoms with Crippen LogP contribution in [0, 0.1) is 46.3 Å². The van der Waals surface area contributed by atoms with Crippen molar-refractivity contribution in [2.24, 2.45) is 46.3 Å². The monoisotopic (exact) mass is 1180 g/mol. The predicted molar refractivity (Wildman–Crippen MR) is 299 cm³/mol. The number of aliphatic hydroxyl groups excluding tert-OH is 3. The van der Waals surface area contributed by atoms with E-state index < -0.39 is 183 Å². The van der Waals surface area contributed by atoms with E-state index in [0.29, 0.717) is 6.42 Å². The second-order valence-corrected chi connectivity index (χ2v) is 27.5. The Bertz CT molecular complexity index is 2450. The number of rotatable bonds is 12. The third-order valence-electron chi connectivity index (χ3n) is 21.8. The van der Waals surface area contributed by atoms with E-state index >= 15 is 8.78 Å². The number of likely N-dealkylation sites (N-methyl/N-ethyl adjacent to an activating group) is 1. The van der Waals surface area contributed by atoms with Crippen molar-refractivity contribution < 1.29 is 92.1 Å². The van der Waals surface area contributed by atoms with Gasteiger partial charge in [0.15, 0.2) is 29.6 Å². The number of nitrogens with zero attached hydrogens (tertiary/aromatic N) is 1. The van der Waals surface area contributed by atoms with Gasteiger partial charge in [-0.2, -0.15) is 0 Å². The zero-order chi connectivity index (χ0) is 62.3. The van der Waals surface area contributed by atoms with Gasteiger partial charge in [0, 0.05) is 54.7 Å². The summed E-state index contributed by atoms with van der Waals surface area (Å²) in [6.45, 7) is 20.7. The molecular weight excluding hydrogens is 1080 g/mol. The fourth-order valence-corrected chi connectivity index (χ4v) is 16.5. The second-order valence-electron chi connectivity index (χ2n) is 27.5. The standard InChI is InChI=1S/C61H99F2N3O17/c1-17-44-58(13,75)48(70)35(7)65-50(71)30(2)27-56(11,74)49(83-52-46(69)42(66(14)15)24-32(4)79-52)33(5)47(34(6)51(72)81-44)82-45-29-57(12,78-16)59(76,36(8)80-45)20-18-22-64-53(73)61(77)31(3)23-38-39-26-41(62)40-25-37(67)19-21-54(40,9)60(39,63)43(68)28-55(38,61)10/h19,21,25,30-36,38-39,41-49,52,68-70,74-77H,17-18,20,22-24,26-29H2,1-16H3,(H,64,73)(H,65,71)/t30-,31-,32-,33-,34-,35-,36+,38?,39?,41+,42+,43+,44-,45?,46-,47+,48-,49-,52?,54+,55+,56-,57-,58-,59+,60+,61+/m1/s1. The number of fused-ring (bicyclic) bond motifs is 5. The lowest BCUT2D eigenvalue weighted by Gasteiger charge is -2.63. The first-order chi connectivity index (χ1) is 38.3. The van der Waals surface area contributed by atoms with Gasteiger partial charge in [0.05, 0.1) is 48.1 Å². The summed E-state index contributed by atoms with van der Waals surface area (Å²) in [6.07, 6.45) is -10.8. The number of ether oxygens (including phenoxy) is 6. The number of allylic oxidation sites excluding steroid dienone is 4. The molecule has 3 aliphatic heterocycles. The zero-order valence-electron chi connectivity index (χ0n) is 51.7.